The van der Waals surface area contributed by atoms with Gasteiger partial charge in [-0.25, -0.2) is 8.42 Å². The van der Waals surface area contributed by atoms with Crippen LogP contribution in [0.15, 0.2) is 106 Å². The first-order valence-corrected chi connectivity index (χ1v) is 17.8. The van der Waals surface area contributed by atoms with Crippen molar-refractivity contribution < 1.29 is 18.0 Å². The maximum absolute atomic E-state index is 14.5. The molecule has 0 aliphatic carbocycles. The van der Waals surface area contributed by atoms with Crippen molar-refractivity contribution in [3.05, 3.63) is 128 Å². The number of carbonyl (C=O) groups excluding carboxylic acids is 2. The summed E-state index contributed by atoms with van der Waals surface area (Å²) < 4.78 is 30.2. The Morgan fingerprint density at radius 3 is 2.13 bits per heavy atom. The molecule has 0 spiro atoms. The Labute approximate surface area is 289 Å². The highest BCUT2D eigenvalue weighted by Gasteiger charge is 2.35. The largest absolute Gasteiger partial charge is 0.352 e. The van der Waals surface area contributed by atoms with Gasteiger partial charge in [0.25, 0.3) is 10.0 Å². The highest BCUT2D eigenvalue weighted by molar-refractivity contribution is 9.10. The molecule has 2 atom stereocenters. The highest BCUT2D eigenvalue weighted by Crippen LogP contribution is 2.31. The molecule has 0 bridgehead atoms. The first-order valence-electron chi connectivity index (χ1n) is 14.8. The van der Waals surface area contributed by atoms with E-state index in [4.69, 9.17) is 23.2 Å². The molecule has 0 fully saturated rings. The Morgan fingerprint density at radius 1 is 0.870 bits per heavy atom. The summed E-state index contributed by atoms with van der Waals surface area (Å²) >= 11 is 16.0. The Balaban J connectivity index is 1.82. The lowest BCUT2D eigenvalue weighted by molar-refractivity contribution is -0.140. The zero-order valence-electron chi connectivity index (χ0n) is 25.8. The molecule has 0 radical (unpaired) electrons. The van der Waals surface area contributed by atoms with Gasteiger partial charge in [-0.15, -0.1) is 0 Å². The lowest BCUT2D eigenvalue weighted by Crippen LogP contribution is -2.54. The van der Waals surface area contributed by atoms with Crippen molar-refractivity contribution in [2.75, 3.05) is 10.8 Å². The van der Waals surface area contributed by atoms with Gasteiger partial charge >= 0.3 is 0 Å². The third-order valence-electron chi connectivity index (χ3n) is 7.62. The molecule has 0 aliphatic heterocycles. The van der Waals surface area contributed by atoms with Crippen LogP contribution in [0.5, 0.6) is 0 Å². The number of carbonyl (C=O) groups is 2. The Hall–Kier alpha value is -3.37. The van der Waals surface area contributed by atoms with E-state index in [2.05, 4.69) is 21.2 Å². The number of aryl methyl sites for hydroxylation is 1. The van der Waals surface area contributed by atoms with Gasteiger partial charge in [0.2, 0.25) is 11.8 Å². The number of hydrogen-bond donors (Lipinski definition) is 1. The quantitative estimate of drug-likeness (QED) is 0.151. The van der Waals surface area contributed by atoms with Crippen molar-refractivity contribution in [1.29, 1.82) is 0 Å². The van der Waals surface area contributed by atoms with Crippen LogP contribution in [0.2, 0.25) is 10.0 Å². The summed E-state index contributed by atoms with van der Waals surface area (Å²) in [5.41, 5.74) is 2.67. The van der Waals surface area contributed by atoms with Crippen molar-refractivity contribution in [3.8, 4) is 0 Å². The third-order valence-corrected chi connectivity index (χ3v) is 10.7. The highest BCUT2D eigenvalue weighted by atomic mass is 79.9. The molecular formula is C35H36BrCl2N3O4S. The van der Waals surface area contributed by atoms with Gasteiger partial charge in [-0.1, -0.05) is 106 Å². The molecule has 7 nitrogen and oxygen atoms in total. The minimum atomic E-state index is -4.26. The topological polar surface area (TPSA) is 86.8 Å². The fraction of sp³-hybridized carbons (Fsp3) is 0.257. The summed E-state index contributed by atoms with van der Waals surface area (Å²) in [6.07, 6.45) is 0.924. The second-order valence-electron chi connectivity index (χ2n) is 11.1. The molecule has 0 aliphatic rings. The number of hydrogen-bond acceptors (Lipinski definition) is 4. The van der Waals surface area contributed by atoms with Crippen LogP contribution in [0.3, 0.4) is 0 Å². The Morgan fingerprint density at radius 2 is 1.52 bits per heavy atom. The normalized spacial score (nSPS) is 12.7. The first kappa shape index (κ1) is 35.5. The molecule has 0 heterocycles. The van der Waals surface area contributed by atoms with E-state index in [9.17, 15) is 18.0 Å². The van der Waals surface area contributed by atoms with Gasteiger partial charge in [0.05, 0.1) is 20.6 Å². The zero-order valence-corrected chi connectivity index (χ0v) is 29.7. The van der Waals surface area contributed by atoms with Crippen LogP contribution < -0.4 is 9.62 Å². The molecule has 0 unspecified atom stereocenters. The summed E-state index contributed by atoms with van der Waals surface area (Å²) in [4.78, 5) is 29.9. The maximum atomic E-state index is 14.5. The van der Waals surface area contributed by atoms with Crippen molar-refractivity contribution in [2.24, 2.45) is 0 Å². The number of nitrogens with zero attached hydrogens (tertiary/aromatic N) is 2. The molecule has 4 aromatic rings. The van der Waals surface area contributed by atoms with E-state index < -0.39 is 28.5 Å². The van der Waals surface area contributed by atoms with Crippen LogP contribution in [0.1, 0.15) is 37.0 Å². The smallest absolute Gasteiger partial charge is 0.264 e. The minimum absolute atomic E-state index is 0.00628. The molecule has 0 saturated heterocycles. The van der Waals surface area contributed by atoms with Gasteiger partial charge in [-0.2, -0.15) is 0 Å². The number of nitrogens with one attached hydrogen (secondary N) is 1. The summed E-state index contributed by atoms with van der Waals surface area (Å²) in [5.74, 6) is -0.893. The zero-order chi connectivity index (χ0) is 33.4. The standard InChI is InChI=1S/C35H36BrCl2N3O4S/c1-4-25(3)39-35(43)33(20-26-8-6-5-7-9-26)40(22-27-12-14-28(36)15-13-27)34(42)23-41(29-16-19-31(37)32(38)21-29)46(44,45)30-17-10-24(2)11-18-30/h5-19,21,25,33H,4,20,22-23H2,1-3H3,(H,39,43)/t25-,33+/m1/s1. The number of rotatable bonds is 13. The molecule has 242 valence electrons. The fourth-order valence-electron chi connectivity index (χ4n) is 4.79. The van der Waals surface area contributed by atoms with Gasteiger partial charge in [-0.05, 0) is 73.9 Å². The third kappa shape index (κ3) is 9.12. The molecular weight excluding hydrogens is 709 g/mol. The van der Waals surface area contributed by atoms with Crippen LogP contribution in [0.25, 0.3) is 0 Å². The van der Waals surface area contributed by atoms with E-state index >= 15 is 0 Å². The minimum Gasteiger partial charge on any atom is -0.352 e. The van der Waals surface area contributed by atoms with Crippen LogP contribution in [0.4, 0.5) is 5.69 Å². The summed E-state index contributed by atoms with van der Waals surface area (Å²) in [7, 11) is -4.26. The number of sulfonamides is 1. The van der Waals surface area contributed by atoms with E-state index in [1.807, 2.05) is 75.4 Å². The van der Waals surface area contributed by atoms with Crippen LogP contribution >= 0.6 is 39.1 Å². The number of amides is 2. The fourth-order valence-corrected chi connectivity index (χ4v) is 6.75. The number of halogens is 3. The predicted octanol–water partition coefficient (Wildman–Crippen LogP) is 7.81. The van der Waals surface area contributed by atoms with Crippen molar-refractivity contribution >= 4 is 66.7 Å². The predicted molar refractivity (Wildman–Crippen MR) is 189 cm³/mol. The van der Waals surface area contributed by atoms with Crippen molar-refractivity contribution in [3.63, 3.8) is 0 Å². The van der Waals surface area contributed by atoms with E-state index in [1.54, 1.807) is 12.1 Å². The Kier molecular flexibility index (Phi) is 12.3. The average molecular weight is 746 g/mol. The molecule has 1 N–H and O–H groups in total. The van der Waals surface area contributed by atoms with Crippen LogP contribution in [-0.4, -0.2) is 43.8 Å². The van der Waals surface area contributed by atoms with Gasteiger partial charge < -0.3 is 10.2 Å². The first-order chi connectivity index (χ1) is 21.9. The monoisotopic (exact) mass is 743 g/mol. The Bertz CT molecular complexity index is 1760. The lowest BCUT2D eigenvalue weighted by Gasteiger charge is -2.34. The summed E-state index contributed by atoms with van der Waals surface area (Å²) in [5, 5.41) is 3.41. The van der Waals surface area contributed by atoms with E-state index in [-0.39, 0.29) is 45.5 Å². The second kappa shape index (κ2) is 16.0. The van der Waals surface area contributed by atoms with Crippen LogP contribution in [0, 0.1) is 6.92 Å². The summed E-state index contributed by atoms with van der Waals surface area (Å²) in [6, 6.07) is 26.6. The molecule has 4 aromatic carbocycles. The molecule has 4 rings (SSSR count). The second-order valence-corrected chi connectivity index (χ2v) is 14.7. The molecule has 11 heteroatoms. The number of anilines is 1. The van der Waals surface area contributed by atoms with Gasteiger partial charge in [-0.3, -0.25) is 13.9 Å². The molecule has 46 heavy (non-hydrogen) atoms. The SMILES string of the molecule is CC[C@@H](C)NC(=O)[C@H](Cc1ccccc1)N(Cc1ccc(Br)cc1)C(=O)CN(c1ccc(Cl)c(Cl)c1)S(=O)(=O)c1ccc(C)cc1. The summed E-state index contributed by atoms with van der Waals surface area (Å²) in [6.45, 7) is 5.20. The van der Waals surface area contributed by atoms with E-state index in [1.165, 1.54) is 35.2 Å². The van der Waals surface area contributed by atoms with Gasteiger partial charge in [0.1, 0.15) is 12.6 Å². The molecule has 0 aromatic heterocycles. The van der Waals surface area contributed by atoms with E-state index in [0.717, 1.165) is 25.5 Å². The molecule has 0 saturated carbocycles. The van der Waals surface area contributed by atoms with Crippen molar-refractivity contribution in [1.82, 2.24) is 10.2 Å². The lowest BCUT2D eigenvalue weighted by atomic mass is 10.0. The molecule has 2 amide bonds. The van der Waals surface area contributed by atoms with Crippen LogP contribution in [-0.2, 0) is 32.6 Å². The van der Waals surface area contributed by atoms with Gasteiger partial charge in [0, 0.05) is 23.5 Å². The maximum Gasteiger partial charge on any atom is 0.264 e. The van der Waals surface area contributed by atoms with Crippen molar-refractivity contribution in [2.45, 2.75) is 57.1 Å². The van der Waals surface area contributed by atoms with Gasteiger partial charge in [0.15, 0.2) is 0 Å². The van der Waals surface area contributed by atoms with E-state index in [0.29, 0.717) is 6.42 Å². The number of benzene rings is 4. The average Bonchev–Trinajstić information content (AvgIpc) is 3.04.